The highest BCUT2D eigenvalue weighted by molar-refractivity contribution is 7.91. The number of aromatic nitrogens is 1. The fourth-order valence-corrected chi connectivity index (χ4v) is 5.33. The summed E-state index contributed by atoms with van der Waals surface area (Å²) >= 11 is 1.00. The average Bonchev–Trinajstić information content (AvgIpc) is 3.14. The van der Waals surface area contributed by atoms with Crippen molar-refractivity contribution >= 4 is 54.8 Å². The minimum atomic E-state index is -3.62. The number of hydrogen-bond donors (Lipinski definition) is 0. The van der Waals surface area contributed by atoms with Crippen molar-refractivity contribution in [2.45, 2.75) is 17.7 Å². The van der Waals surface area contributed by atoms with Gasteiger partial charge in [-0.3, -0.25) is 9.69 Å². The van der Waals surface area contributed by atoms with E-state index in [0.717, 1.165) is 17.4 Å². The predicted octanol–water partition coefficient (Wildman–Crippen LogP) is 4.15. The molecule has 0 bridgehead atoms. The Balaban J connectivity index is 0.00000363. The van der Waals surface area contributed by atoms with Crippen molar-refractivity contribution in [2.24, 2.45) is 0 Å². The van der Waals surface area contributed by atoms with Crippen molar-refractivity contribution in [3.63, 3.8) is 0 Å². The maximum Gasteiger partial charge on any atom is 0.229 e. The first kappa shape index (κ1) is 26.1. The zero-order valence-corrected chi connectivity index (χ0v) is 20.1. The summed E-state index contributed by atoms with van der Waals surface area (Å²) in [6, 6.07) is 9.84. The molecule has 0 unspecified atom stereocenters. The third-order valence-corrected chi connectivity index (χ3v) is 7.37. The molecule has 0 saturated heterocycles. The highest BCUT2D eigenvalue weighted by Crippen LogP contribution is 2.31. The molecule has 3 aromatic rings. The van der Waals surface area contributed by atoms with Crippen LogP contribution in [0.4, 0.5) is 13.9 Å². The molecule has 6 nitrogen and oxygen atoms in total. The molecule has 2 aromatic carbocycles. The normalized spacial score (nSPS) is 11.5. The third kappa shape index (κ3) is 6.44. The molecular weight excluding hydrogens is 480 g/mol. The van der Waals surface area contributed by atoms with Crippen molar-refractivity contribution in [1.29, 1.82) is 0 Å². The van der Waals surface area contributed by atoms with E-state index in [1.165, 1.54) is 23.1 Å². The SMILES string of the molecule is CN(C)CCCN(C(=O)CCS(=O)(=O)c1ccccc1)c1nc2c(F)cc(F)cc2s1.Cl. The van der Waals surface area contributed by atoms with Gasteiger partial charge in [0, 0.05) is 19.0 Å². The Morgan fingerprint density at radius 2 is 1.78 bits per heavy atom. The summed E-state index contributed by atoms with van der Waals surface area (Å²) in [6.07, 6.45) is 0.364. The standard InChI is InChI=1S/C21H23F2N3O3S2.ClH/c1-25(2)10-6-11-26(21-24-20-17(23)13-15(22)14-18(20)30-21)19(27)9-12-31(28,29)16-7-4-3-5-8-16;/h3-5,7-8,13-14H,6,9-12H2,1-2H3;1H. The highest BCUT2D eigenvalue weighted by Gasteiger charge is 2.24. The quantitative estimate of drug-likeness (QED) is 0.439. The van der Waals surface area contributed by atoms with Crippen molar-refractivity contribution < 1.29 is 22.0 Å². The van der Waals surface area contributed by atoms with Crippen LogP contribution in [0.15, 0.2) is 47.4 Å². The fourth-order valence-electron chi connectivity index (χ4n) is 3.04. The highest BCUT2D eigenvalue weighted by atomic mass is 35.5. The van der Waals surface area contributed by atoms with Crippen LogP contribution in [0, 0.1) is 11.6 Å². The zero-order chi connectivity index (χ0) is 22.6. The predicted molar refractivity (Wildman–Crippen MR) is 125 cm³/mol. The van der Waals surface area contributed by atoms with Crippen LogP contribution in [0.2, 0.25) is 0 Å². The third-order valence-electron chi connectivity index (χ3n) is 4.61. The van der Waals surface area contributed by atoms with Crippen molar-refractivity contribution in [1.82, 2.24) is 9.88 Å². The number of anilines is 1. The Morgan fingerprint density at radius 3 is 2.44 bits per heavy atom. The molecular formula is C21H24ClF2N3O3S2. The van der Waals surface area contributed by atoms with Crippen LogP contribution in [-0.2, 0) is 14.6 Å². The number of hydrogen-bond acceptors (Lipinski definition) is 6. The van der Waals surface area contributed by atoms with E-state index in [-0.39, 0.29) is 51.4 Å². The van der Waals surface area contributed by atoms with E-state index >= 15 is 0 Å². The minimum Gasteiger partial charge on any atom is -0.309 e. The molecule has 0 aliphatic rings. The van der Waals surface area contributed by atoms with Crippen LogP contribution >= 0.6 is 23.7 Å². The molecule has 0 spiro atoms. The summed E-state index contributed by atoms with van der Waals surface area (Å²) in [5.41, 5.74) is -0.0104. The van der Waals surface area contributed by atoms with E-state index in [4.69, 9.17) is 0 Å². The van der Waals surface area contributed by atoms with Crippen molar-refractivity contribution in [3.05, 3.63) is 54.1 Å². The molecule has 0 radical (unpaired) electrons. The molecule has 1 heterocycles. The molecule has 174 valence electrons. The van der Waals surface area contributed by atoms with Gasteiger partial charge in [0.1, 0.15) is 11.3 Å². The molecule has 0 fully saturated rings. The first-order chi connectivity index (χ1) is 14.7. The number of fused-ring (bicyclic) bond motifs is 1. The van der Waals surface area contributed by atoms with Gasteiger partial charge in [-0.2, -0.15) is 0 Å². The van der Waals surface area contributed by atoms with Gasteiger partial charge in [0.25, 0.3) is 0 Å². The summed E-state index contributed by atoms with van der Waals surface area (Å²) in [4.78, 5) is 20.6. The minimum absolute atomic E-state index is 0. The molecule has 0 aliphatic heterocycles. The Labute approximate surface area is 196 Å². The van der Waals surface area contributed by atoms with Crippen LogP contribution in [0.1, 0.15) is 12.8 Å². The van der Waals surface area contributed by atoms with Crippen molar-refractivity contribution in [2.75, 3.05) is 37.8 Å². The second kappa shape index (κ2) is 11.1. The molecule has 1 aromatic heterocycles. The molecule has 0 atom stereocenters. The van der Waals surface area contributed by atoms with Gasteiger partial charge in [0.05, 0.1) is 15.3 Å². The Kier molecular flexibility index (Phi) is 9.08. The van der Waals surface area contributed by atoms with Gasteiger partial charge < -0.3 is 4.90 Å². The average molecular weight is 504 g/mol. The van der Waals surface area contributed by atoms with Crippen LogP contribution in [-0.4, -0.2) is 57.1 Å². The largest absolute Gasteiger partial charge is 0.309 e. The van der Waals surface area contributed by atoms with E-state index in [1.807, 2.05) is 19.0 Å². The summed E-state index contributed by atoms with van der Waals surface area (Å²) in [6.45, 7) is 0.978. The Hall–Kier alpha value is -2.14. The van der Waals surface area contributed by atoms with E-state index in [0.29, 0.717) is 13.0 Å². The summed E-state index contributed by atoms with van der Waals surface area (Å²) in [5, 5.41) is 0.223. The second-order valence-corrected chi connectivity index (χ2v) is 10.4. The number of carbonyl (C=O) groups is 1. The number of halogens is 3. The molecule has 0 saturated carbocycles. The summed E-state index contributed by atoms with van der Waals surface area (Å²) < 4.78 is 53.0. The van der Waals surface area contributed by atoms with E-state index in [2.05, 4.69) is 4.98 Å². The zero-order valence-electron chi connectivity index (χ0n) is 17.6. The van der Waals surface area contributed by atoms with Crippen LogP contribution in [0.3, 0.4) is 0 Å². The monoisotopic (exact) mass is 503 g/mol. The van der Waals surface area contributed by atoms with E-state index in [1.54, 1.807) is 18.2 Å². The number of amides is 1. The lowest BCUT2D eigenvalue weighted by atomic mass is 10.3. The molecule has 0 N–H and O–H groups in total. The van der Waals surface area contributed by atoms with Crippen molar-refractivity contribution in [3.8, 4) is 0 Å². The van der Waals surface area contributed by atoms with Gasteiger partial charge in [-0.25, -0.2) is 22.2 Å². The number of rotatable bonds is 9. The van der Waals surface area contributed by atoms with Gasteiger partial charge in [0.2, 0.25) is 5.91 Å². The Bertz CT molecular complexity index is 1170. The van der Waals surface area contributed by atoms with E-state index in [9.17, 15) is 22.0 Å². The fraction of sp³-hybridized carbons (Fsp3) is 0.333. The van der Waals surface area contributed by atoms with Crippen LogP contribution in [0.5, 0.6) is 0 Å². The topological polar surface area (TPSA) is 70.6 Å². The van der Waals surface area contributed by atoms with Crippen LogP contribution in [0.25, 0.3) is 10.2 Å². The molecule has 11 heteroatoms. The lowest BCUT2D eigenvalue weighted by Gasteiger charge is -2.21. The molecule has 1 amide bonds. The maximum atomic E-state index is 14.1. The summed E-state index contributed by atoms with van der Waals surface area (Å²) in [7, 11) is 0.170. The second-order valence-electron chi connectivity index (χ2n) is 7.31. The van der Waals surface area contributed by atoms with Gasteiger partial charge in [-0.15, -0.1) is 12.4 Å². The first-order valence-corrected chi connectivity index (χ1v) is 12.1. The lowest BCUT2D eigenvalue weighted by Crippen LogP contribution is -2.34. The number of carbonyl (C=O) groups excluding carboxylic acids is 1. The number of sulfone groups is 1. The molecule has 0 aliphatic carbocycles. The molecule has 3 rings (SSSR count). The maximum absolute atomic E-state index is 14.1. The smallest absolute Gasteiger partial charge is 0.229 e. The molecule has 32 heavy (non-hydrogen) atoms. The van der Waals surface area contributed by atoms with E-state index < -0.39 is 27.4 Å². The van der Waals surface area contributed by atoms with Gasteiger partial charge in [0.15, 0.2) is 20.8 Å². The first-order valence-electron chi connectivity index (χ1n) is 9.66. The summed E-state index contributed by atoms with van der Waals surface area (Å²) in [5.74, 6) is -2.31. The van der Waals surface area contributed by atoms with Crippen LogP contribution < -0.4 is 4.90 Å². The van der Waals surface area contributed by atoms with Gasteiger partial charge in [-0.05, 0) is 45.3 Å². The Morgan fingerprint density at radius 1 is 1.09 bits per heavy atom. The lowest BCUT2D eigenvalue weighted by molar-refractivity contribution is -0.118. The van der Waals surface area contributed by atoms with Gasteiger partial charge in [-0.1, -0.05) is 29.5 Å². The number of benzene rings is 2. The number of thiazole rings is 1. The number of nitrogens with zero attached hydrogens (tertiary/aromatic N) is 3. The van der Waals surface area contributed by atoms with Gasteiger partial charge >= 0.3 is 0 Å².